The minimum atomic E-state index is -0.883. The van der Waals surface area contributed by atoms with Gasteiger partial charge >= 0.3 is 0 Å². The lowest BCUT2D eigenvalue weighted by atomic mass is 9.93. The van der Waals surface area contributed by atoms with E-state index in [0.29, 0.717) is 23.8 Å². The predicted octanol–water partition coefficient (Wildman–Crippen LogP) is 3.52. The first kappa shape index (κ1) is 24.4. The van der Waals surface area contributed by atoms with E-state index in [1.165, 1.54) is 0 Å². The van der Waals surface area contributed by atoms with E-state index in [2.05, 4.69) is 27.0 Å². The van der Waals surface area contributed by atoms with E-state index < -0.39 is 29.8 Å². The number of aromatic nitrogens is 1. The minimum absolute atomic E-state index is 0.149. The number of H-pyrrole nitrogens is 1. The zero-order valence-electron chi connectivity index (χ0n) is 20.8. The highest BCUT2D eigenvalue weighted by molar-refractivity contribution is 6.03. The molecule has 3 atom stereocenters. The molecule has 2 aromatic carbocycles. The Morgan fingerprint density at radius 2 is 1.97 bits per heavy atom. The number of methoxy groups -OCH3 is 1. The van der Waals surface area contributed by atoms with E-state index in [0.717, 1.165) is 40.6 Å². The van der Waals surface area contributed by atoms with Crippen molar-refractivity contribution in [1.29, 1.82) is 5.26 Å². The van der Waals surface area contributed by atoms with Crippen molar-refractivity contribution in [2.45, 2.75) is 50.6 Å². The first-order valence-corrected chi connectivity index (χ1v) is 12.4. The molecule has 9 heteroatoms. The van der Waals surface area contributed by atoms with Gasteiger partial charge in [-0.25, -0.2) is 0 Å². The van der Waals surface area contributed by atoms with E-state index >= 15 is 0 Å². The topological polar surface area (TPSA) is 136 Å². The van der Waals surface area contributed by atoms with Crippen molar-refractivity contribution >= 4 is 34.3 Å². The summed E-state index contributed by atoms with van der Waals surface area (Å²) < 4.78 is 5.37. The summed E-state index contributed by atoms with van der Waals surface area (Å²) in [5.41, 5.74) is 3.66. The number of carbonyl (C=O) groups excluding carboxylic acids is 3. The number of hydrogen-bond acceptors (Lipinski definition) is 5. The summed E-state index contributed by atoms with van der Waals surface area (Å²) in [6, 6.07) is 13.3. The average Bonchev–Trinajstić information content (AvgIpc) is 3.50. The number of anilines is 1. The molecule has 3 aromatic rings. The third-order valence-corrected chi connectivity index (χ3v) is 7.08. The lowest BCUT2D eigenvalue weighted by Gasteiger charge is -2.21. The summed E-state index contributed by atoms with van der Waals surface area (Å²) in [5.74, 6) is -0.555. The molecular weight excluding hydrogens is 470 g/mol. The molecule has 1 aliphatic heterocycles. The molecule has 37 heavy (non-hydrogen) atoms. The number of ether oxygens (including phenoxy) is 1. The van der Waals surface area contributed by atoms with Crippen LogP contribution in [-0.2, 0) is 9.59 Å². The van der Waals surface area contributed by atoms with Crippen molar-refractivity contribution in [2.24, 2.45) is 5.92 Å². The van der Waals surface area contributed by atoms with Gasteiger partial charge in [0.05, 0.1) is 19.1 Å². The van der Waals surface area contributed by atoms with Crippen molar-refractivity contribution in [2.75, 3.05) is 12.4 Å². The Balaban J connectivity index is 1.29. The molecular formula is C28H29N5O4. The van der Waals surface area contributed by atoms with Crippen LogP contribution in [0.25, 0.3) is 10.9 Å². The maximum absolute atomic E-state index is 13.3. The number of fused-ring (bicyclic) bond motifs is 2. The molecule has 1 saturated carbocycles. The molecule has 0 bridgehead atoms. The molecule has 1 aliphatic carbocycles. The predicted molar refractivity (Wildman–Crippen MR) is 138 cm³/mol. The fourth-order valence-electron chi connectivity index (χ4n) is 4.91. The Kier molecular flexibility index (Phi) is 6.57. The second-order valence-corrected chi connectivity index (χ2v) is 9.87. The fraction of sp³-hybridized carbons (Fsp3) is 0.357. The highest BCUT2D eigenvalue weighted by Crippen LogP contribution is 2.36. The zero-order valence-corrected chi connectivity index (χ0v) is 20.8. The number of nitriles is 1. The van der Waals surface area contributed by atoms with E-state index in [4.69, 9.17) is 4.74 Å². The van der Waals surface area contributed by atoms with Crippen LogP contribution >= 0.6 is 0 Å². The van der Waals surface area contributed by atoms with Crippen LogP contribution in [-0.4, -0.2) is 41.9 Å². The van der Waals surface area contributed by atoms with Crippen LogP contribution < -0.4 is 20.7 Å². The van der Waals surface area contributed by atoms with Crippen molar-refractivity contribution in [3.05, 3.63) is 59.3 Å². The number of benzene rings is 2. The van der Waals surface area contributed by atoms with E-state index in [9.17, 15) is 19.6 Å². The highest BCUT2D eigenvalue weighted by atomic mass is 16.5. The van der Waals surface area contributed by atoms with Crippen LogP contribution in [0.15, 0.2) is 42.5 Å². The monoisotopic (exact) mass is 499 g/mol. The fourth-order valence-corrected chi connectivity index (χ4v) is 4.91. The summed E-state index contributed by atoms with van der Waals surface area (Å²) in [4.78, 5) is 42.0. The van der Waals surface area contributed by atoms with Gasteiger partial charge in [0, 0.05) is 16.6 Å². The summed E-state index contributed by atoms with van der Waals surface area (Å²) in [7, 11) is 1.57. The van der Waals surface area contributed by atoms with Crippen molar-refractivity contribution in [3.63, 3.8) is 0 Å². The summed E-state index contributed by atoms with van der Waals surface area (Å²) in [5, 5.41) is 19.0. The standard InChI is InChI=1S/C28H29N5O4/c1-15-6-9-18-19(26(34)32-22(18)10-15)12-17(14-29)30-27(35)23(11-16-7-8-16)33-28(36)24-13-20-21(31-24)4-3-5-25(20)37-2/h3-6,9-10,13,16-17,19,23,31H,7-8,11-12H2,1-2H3,(H,30,35)(H,32,34)(H,33,36). The number of hydrogen-bond donors (Lipinski definition) is 4. The number of aryl methyl sites for hydroxylation is 1. The molecule has 2 aliphatic rings. The maximum atomic E-state index is 13.3. The quantitative estimate of drug-likeness (QED) is 0.357. The molecule has 5 rings (SSSR count). The minimum Gasteiger partial charge on any atom is -0.496 e. The van der Waals surface area contributed by atoms with E-state index in [-0.39, 0.29) is 12.3 Å². The number of amides is 3. The maximum Gasteiger partial charge on any atom is 0.268 e. The Bertz CT molecular complexity index is 1420. The van der Waals surface area contributed by atoms with Gasteiger partial charge in [0.2, 0.25) is 11.8 Å². The first-order valence-electron chi connectivity index (χ1n) is 12.4. The second kappa shape index (κ2) is 9.97. The Morgan fingerprint density at radius 3 is 2.70 bits per heavy atom. The Labute approximate surface area is 214 Å². The molecule has 0 saturated heterocycles. The van der Waals surface area contributed by atoms with Crippen molar-refractivity contribution < 1.29 is 19.1 Å². The molecule has 2 heterocycles. The number of nitrogens with one attached hydrogen (secondary N) is 4. The molecule has 190 valence electrons. The Morgan fingerprint density at radius 1 is 1.16 bits per heavy atom. The molecule has 1 aromatic heterocycles. The largest absolute Gasteiger partial charge is 0.496 e. The van der Waals surface area contributed by atoms with Crippen molar-refractivity contribution in [1.82, 2.24) is 15.6 Å². The van der Waals surface area contributed by atoms with Gasteiger partial charge in [-0.05, 0) is 61.1 Å². The van der Waals surface area contributed by atoms with Crippen LogP contribution in [0, 0.1) is 24.2 Å². The molecule has 3 amide bonds. The van der Waals surface area contributed by atoms with Crippen LogP contribution in [0.4, 0.5) is 5.69 Å². The molecule has 3 unspecified atom stereocenters. The molecule has 1 fully saturated rings. The van der Waals surface area contributed by atoms with Gasteiger partial charge in [0.25, 0.3) is 5.91 Å². The smallest absolute Gasteiger partial charge is 0.268 e. The third kappa shape index (κ3) is 5.14. The van der Waals surface area contributed by atoms with Gasteiger partial charge in [-0.15, -0.1) is 0 Å². The molecule has 0 radical (unpaired) electrons. The third-order valence-electron chi connectivity index (χ3n) is 7.08. The van der Waals surface area contributed by atoms with Crippen LogP contribution in [0.5, 0.6) is 5.75 Å². The highest BCUT2D eigenvalue weighted by Gasteiger charge is 2.35. The normalized spacial score (nSPS) is 17.9. The van der Waals surface area contributed by atoms with E-state index in [1.54, 1.807) is 13.2 Å². The van der Waals surface area contributed by atoms with Gasteiger partial charge < -0.3 is 25.7 Å². The molecule has 0 spiro atoms. The van der Waals surface area contributed by atoms with Gasteiger partial charge in [-0.1, -0.05) is 31.0 Å². The van der Waals surface area contributed by atoms with E-state index in [1.807, 2.05) is 43.3 Å². The number of rotatable bonds is 9. The number of aromatic amines is 1. The molecule has 9 nitrogen and oxygen atoms in total. The van der Waals surface area contributed by atoms with Gasteiger partial charge in [-0.3, -0.25) is 14.4 Å². The average molecular weight is 500 g/mol. The zero-order chi connectivity index (χ0) is 26.1. The lowest BCUT2D eigenvalue weighted by molar-refractivity contribution is -0.124. The second-order valence-electron chi connectivity index (χ2n) is 9.87. The van der Waals surface area contributed by atoms with Crippen LogP contribution in [0.2, 0.25) is 0 Å². The molecule has 4 N–H and O–H groups in total. The lowest BCUT2D eigenvalue weighted by Crippen LogP contribution is -2.50. The summed E-state index contributed by atoms with van der Waals surface area (Å²) in [6.45, 7) is 1.94. The Hall–Kier alpha value is -4.32. The summed E-state index contributed by atoms with van der Waals surface area (Å²) in [6.07, 6.45) is 2.65. The SMILES string of the molecule is COc1cccc2[nH]c(C(=O)NC(CC3CC3)C(=O)NC(C#N)CC3C(=O)Nc4cc(C)ccc43)cc12. The van der Waals surface area contributed by atoms with Gasteiger partial charge in [0.1, 0.15) is 23.5 Å². The first-order chi connectivity index (χ1) is 17.9. The van der Waals surface area contributed by atoms with Crippen molar-refractivity contribution in [3.8, 4) is 11.8 Å². The summed E-state index contributed by atoms with van der Waals surface area (Å²) >= 11 is 0. The van der Waals surface area contributed by atoms with Gasteiger partial charge in [-0.2, -0.15) is 5.26 Å². The number of carbonyl (C=O) groups is 3. The van der Waals surface area contributed by atoms with Crippen LogP contribution in [0.1, 0.15) is 53.2 Å². The van der Waals surface area contributed by atoms with Gasteiger partial charge in [0.15, 0.2) is 0 Å². The van der Waals surface area contributed by atoms with Crippen LogP contribution in [0.3, 0.4) is 0 Å². The number of nitrogens with zero attached hydrogens (tertiary/aromatic N) is 1.